The lowest BCUT2D eigenvalue weighted by Crippen LogP contribution is -2.39. The van der Waals surface area contributed by atoms with Crippen LogP contribution < -0.4 is 0 Å². The van der Waals surface area contributed by atoms with Crippen LogP contribution in [-0.2, 0) is 16.1 Å². The maximum atomic E-state index is 13.2. The molecule has 5 nitrogen and oxygen atoms in total. The third-order valence-electron chi connectivity index (χ3n) is 6.61. The topological polar surface area (TPSA) is 45.7 Å². The van der Waals surface area contributed by atoms with E-state index >= 15 is 0 Å². The van der Waals surface area contributed by atoms with Gasteiger partial charge >= 0.3 is 0 Å². The molecular formula is C21H31N3O2. The van der Waals surface area contributed by atoms with Crippen molar-refractivity contribution in [3.8, 4) is 0 Å². The maximum absolute atomic E-state index is 13.2. The molecule has 26 heavy (non-hydrogen) atoms. The fourth-order valence-electron chi connectivity index (χ4n) is 4.93. The Morgan fingerprint density at radius 1 is 1.08 bits per heavy atom. The largest absolute Gasteiger partial charge is 0.381 e. The first-order valence-corrected chi connectivity index (χ1v) is 10.2. The van der Waals surface area contributed by atoms with E-state index in [1.165, 1.54) is 5.56 Å². The Kier molecular flexibility index (Phi) is 5.55. The molecule has 0 saturated carbocycles. The predicted molar refractivity (Wildman–Crippen MR) is 101 cm³/mol. The van der Waals surface area contributed by atoms with Gasteiger partial charge in [-0.1, -0.05) is 0 Å². The van der Waals surface area contributed by atoms with E-state index in [-0.39, 0.29) is 5.41 Å². The minimum absolute atomic E-state index is 0.0852. The summed E-state index contributed by atoms with van der Waals surface area (Å²) in [6.45, 7) is 6.73. The van der Waals surface area contributed by atoms with Crippen molar-refractivity contribution < 1.29 is 9.53 Å². The molecule has 0 aromatic carbocycles. The summed E-state index contributed by atoms with van der Waals surface area (Å²) in [6.07, 6.45) is 10.2. The highest BCUT2D eigenvalue weighted by molar-refractivity contribution is 5.84. The Labute approximate surface area is 156 Å². The number of hydrogen-bond acceptors (Lipinski definition) is 4. The Balaban J connectivity index is 1.34. The molecule has 4 heterocycles. The van der Waals surface area contributed by atoms with Crippen LogP contribution in [0, 0.1) is 11.3 Å². The Morgan fingerprint density at radius 2 is 1.85 bits per heavy atom. The van der Waals surface area contributed by atoms with E-state index in [9.17, 15) is 4.79 Å². The quantitative estimate of drug-likeness (QED) is 0.831. The van der Waals surface area contributed by atoms with E-state index in [1.807, 2.05) is 12.4 Å². The van der Waals surface area contributed by atoms with Gasteiger partial charge in [0.15, 0.2) is 0 Å². The first kappa shape index (κ1) is 17.9. The van der Waals surface area contributed by atoms with Crippen molar-refractivity contribution in [3.05, 3.63) is 30.1 Å². The lowest BCUT2D eigenvalue weighted by molar-refractivity contribution is -0.137. The van der Waals surface area contributed by atoms with Gasteiger partial charge in [-0.05, 0) is 75.2 Å². The lowest BCUT2D eigenvalue weighted by atomic mass is 9.79. The maximum Gasteiger partial charge on any atom is 0.228 e. The van der Waals surface area contributed by atoms with Crippen molar-refractivity contribution in [2.45, 2.75) is 45.1 Å². The molecular weight excluding hydrogens is 326 g/mol. The first-order chi connectivity index (χ1) is 12.8. The molecule has 3 fully saturated rings. The standard InChI is InChI=1S/C21H31N3O2/c25-20-21(8-13-24(20)17-19-4-14-26-15-5-19)6-1-11-23(12-7-21)16-18-2-9-22-10-3-18/h2-3,9-10,19H,1,4-8,11-17H2. The number of hydrogen-bond donors (Lipinski definition) is 0. The lowest BCUT2D eigenvalue weighted by Gasteiger charge is -2.30. The second-order valence-electron chi connectivity index (χ2n) is 8.32. The molecule has 3 aliphatic rings. The van der Waals surface area contributed by atoms with Crippen molar-refractivity contribution >= 4 is 5.91 Å². The van der Waals surface area contributed by atoms with E-state index in [0.29, 0.717) is 11.8 Å². The van der Waals surface area contributed by atoms with Gasteiger partial charge in [0.2, 0.25) is 5.91 Å². The van der Waals surface area contributed by atoms with Crippen molar-refractivity contribution in [1.29, 1.82) is 0 Å². The molecule has 0 radical (unpaired) electrons. The number of amides is 1. The highest BCUT2D eigenvalue weighted by Gasteiger charge is 2.47. The van der Waals surface area contributed by atoms with Crippen LogP contribution >= 0.6 is 0 Å². The van der Waals surface area contributed by atoms with Crippen LogP contribution in [0.1, 0.15) is 44.1 Å². The summed E-state index contributed by atoms with van der Waals surface area (Å²) in [6, 6.07) is 4.19. The second-order valence-corrected chi connectivity index (χ2v) is 8.32. The predicted octanol–water partition coefficient (Wildman–Crippen LogP) is 2.71. The summed E-state index contributed by atoms with van der Waals surface area (Å²) >= 11 is 0. The Morgan fingerprint density at radius 3 is 2.65 bits per heavy atom. The molecule has 0 N–H and O–H groups in total. The van der Waals surface area contributed by atoms with Gasteiger partial charge < -0.3 is 9.64 Å². The van der Waals surface area contributed by atoms with Crippen LogP contribution in [0.2, 0.25) is 0 Å². The average Bonchev–Trinajstić information content (AvgIpc) is 2.85. The molecule has 1 amide bonds. The van der Waals surface area contributed by atoms with Gasteiger partial charge in [0.25, 0.3) is 0 Å². The zero-order chi connectivity index (χ0) is 17.8. The summed E-state index contributed by atoms with van der Waals surface area (Å²) in [5.74, 6) is 1.08. The molecule has 0 bridgehead atoms. The van der Waals surface area contributed by atoms with Crippen LogP contribution in [0.3, 0.4) is 0 Å². The molecule has 1 spiro atoms. The van der Waals surface area contributed by atoms with Crippen molar-refractivity contribution in [2.75, 3.05) is 39.4 Å². The molecule has 1 aromatic rings. The third-order valence-corrected chi connectivity index (χ3v) is 6.61. The van der Waals surface area contributed by atoms with E-state index in [2.05, 4.69) is 26.9 Å². The minimum Gasteiger partial charge on any atom is -0.381 e. The number of ether oxygens (including phenoxy) is 1. The summed E-state index contributed by atoms with van der Waals surface area (Å²) < 4.78 is 5.47. The van der Waals surface area contributed by atoms with Gasteiger partial charge in [0.05, 0.1) is 5.41 Å². The number of rotatable bonds is 4. The normalized spacial score (nSPS) is 28.6. The van der Waals surface area contributed by atoms with E-state index in [4.69, 9.17) is 4.74 Å². The molecule has 1 unspecified atom stereocenters. The van der Waals surface area contributed by atoms with Crippen LogP contribution in [-0.4, -0.2) is 60.1 Å². The molecule has 142 valence electrons. The zero-order valence-electron chi connectivity index (χ0n) is 15.7. The second kappa shape index (κ2) is 8.05. The Hall–Kier alpha value is -1.46. The monoisotopic (exact) mass is 357 g/mol. The van der Waals surface area contributed by atoms with Gasteiger partial charge in [0.1, 0.15) is 0 Å². The zero-order valence-corrected chi connectivity index (χ0v) is 15.7. The van der Waals surface area contributed by atoms with Crippen molar-refractivity contribution in [1.82, 2.24) is 14.8 Å². The summed E-state index contributed by atoms with van der Waals surface area (Å²) in [4.78, 5) is 22.0. The number of pyridine rings is 1. The van der Waals surface area contributed by atoms with Crippen LogP contribution in [0.25, 0.3) is 0 Å². The smallest absolute Gasteiger partial charge is 0.228 e. The number of carbonyl (C=O) groups excluding carboxylic acids is 1. The molecule has 1 atom stereocenters. The Bertz CT molecular complexity index is 603. The highest BCUT2D eigenvalue weighted by atomic mass is 16.5. The summed E-state index contributed by atoms with van der Waals surface area (Å²) in [7, 11) is 0. The van der Waals surface area contributed by atoms with Crippen LogP contribution in [0.4, 0.5) is 0 Å². The molecule has 5 heteroatoms. The number of likely N-dealkylation sites (tertiary alicyclic amines) is 2. The SMILES string of the molecule is O=C1N(CC2CCOCC2)CCC12CCCN(Cc1ccncc1)CC2. The van der Waals surface area contributed by atoms with Gasteiger partial charge in [-0.2, -0.15) is 0 Å². The van der Waals surface area contributed by atoms with E-state index in [0.717, 1.165) is 84.5 Å². The summed E-state index contributed by atoms with van der Waals surface area (Å²) in [5.41, 5.74) is 1.23. The van der Waals surface area contributed by atoms with Crippen molar-refractivity contribution in [3.63, 3.8) is 0 Å². The number of nitrogens with zero attached hydrogens (tertiary/aromatic N) is 3. The molecule has 3 saturated heterocycles. The number of carbonyl (C=O) groups is 1. The van der Waals surface area contributed by atoms with Crippen LogP contribution in [0.15, 0.2) is 24.5 Å². The fourth-order valence-corrected chi connectivity index (χ4v) is 4.93. The van der Waals surface area contributed by atoms with Gasteiger partial charge in [-0.25, -0.2) is 0 Å². The van der Waals surface area contributed by atoms with Crippen LogP contribution in [0.5, 0.6) is 0 Å². The van der Waals surface area contributed by atoms with Gasteiger partial charge in [0, 0.05) is 45.2 Å². The molecule has 1 aromatic heterocycles. The molecule has 3 aliphatic heterocycles. The van der Waals surface area contributed by atoms with Gasteiger partial charge in [-0.3, -0.25) is 14.7 Å². The number of aromatic nitrogens is 1. The van der Waals surface area contributed by atoms with E-state index in [1.54, 1.807) is 0 Å². The van der Waals surface area contributed by atoms with Crippen molar-refractivity contribution in [2.24, 2.45) is 11.3 Å². The average molecular weight is 357 g/mol. The van der Waals surface area contributed by atoms with E-state index < -0.39 is 0 Å². The molecule has 0 aliphatic carbocycles. The van der Waals surface area contributed by atoms with Gasteiger partial charge in [-0.15, -0.1) is 0 Å². The molecule has 4 rings (SSSR count). The fraction of sp³-hybridized carbons (Fsp3) is 0.714. The minimum atomic E-state index is -0.0852. The first-order valence-electron chi connectivity index (χ1n) is 10.2. The third kappa shape index (κ3) is 3.94. The summed E-state index contributed by atoms with van der Waals surface area (Å²) in [5, 5.41) is 0. The highest BCUT2D eigenvalue weighted by Crippen LogP contribution is 2.42.